The number of aryl methyl sites for hydroxylation is 1. The molecule has 6 nitrogen and oxygen atoms in total. The molecule has 3 aromatic rings. The zero-order valence-electron chi connectivity index (χ0n) is 12.5. The third kappa shape index (κ3) is 2.30. The van der Waals surface area contributed by atoms with Gasteiger partial charge in [-0.3, -0.25) is 0 Å². The van der Waals surface area contributed by atoms with Crippen molar-refractivity contribution in [3.63, 3.8) is 0 Å². The lowest BCUT2D eigenvalue weighted by Gasteiger charge is -2.31. The molecule has 0 amide bonds. The van der Waals surface area contributed by atoms with Crippen LogP contribution in [0.1, 0.15) is 30.1 Å². The van der Waals surface area contributed by atoms with Gasteiger partial charge in [-0.15, -0.1) is 0 Å². The summed E-state index contributed by atoms with van der Waals surface area (Å²) in [4.78, 5) is 22.9. The third-order valence-corrected chi connectivity index (χ3v) is 4.30. The summed E-state index contributed by atoms with van der Waals surface area (Å²) in [7, 11) is 0. The minimum absolute atomic E-state index is 0.386. The van der Waals surface area contributed by atoms with Crippen molar-refractivity contribution in [1.82, 2.24) is 24.9 Å². The molecule has 1 N–H and O–H groups in total. The normalized spacial score (nSPS) is 18.8. The van der Waals surface area contributed by atoms with Crippen LogP contribution in [0, 0.1) is 6.92 Å². The van der Waals surface area contributed by atoms with Crippen LogP contribution in [0.15, 0.2) is 30.9 Å². The van der Waals surface area contributed by atoms with E-state index in [1.165, 1.54) is 5.56 Å². The number of fused-ring (bicyclic) bond motifs is 1. The molecule has 22 heavy (non-hydrogen) atoms. The number of piperidine rings is 1. The van der Waals surface area contributed by atoms with Crippen LogP contribution in [-0.2, 0) is 0 Å². The predicted octanol–water partition coefficient (Wildman–Crippen LogP) is 2.44. The minimum Gasteiger partial charge on any atom is -0.342 e. The second-order valence-electron chi connectivity index (χ2n) is 5.82. The molecule has 112 valence electrons. The van der Waals surface area contributed by atoms with E-state index in [2.05, 4.69) is 50.0 Å². The fourth-order valence-corrected chi connectivity index (χ4v) is 3.17. The van der Waals surface area contributed by atoms with Crippen LogP contribution in [0.2, 0.25) is 0 Å². The summed E-state index contributed by atoms with van der Waals surface area (Å²) in [5, 5.41) is 0. The summed E-state index contributed by atoms with van der Waals surface area (Å²) in [6, 6.07) is 6.26. The van der Waals surface area contributed by atoms with Crippen LogP contribution < -0.4 is 4.90 Å². The molecule has 1 aliphatic heterocycles. The number of H-pyrrole nitrogens is 1. The maximum absolute atomic E-state index is 4.83. The highest BCUT2D eigenvalue weighted by Crippen LogP contribution is 2.28. The van der Waals surface area contributed by atoms with Gasteiger partial charge in [-0.1, -0.05) is 12.1 Å². The molecule has 0 spiro atoms. The number of aromatic amines is 1. The topological polar surface area (TPSA) is 70.6 Å². The molecule has 1 atom stereocenters. The summed E-state index contributed by atoms with van der Waals surface area (Å²) < 4.78 is 0. The molecule has 1 aromatic carbocycles. The Labute approximate surface area is 128 Å². The molecular formula is C16H18N6. The monoisotopic (exact) mass is 294 g/mol. The number of nitrogens with zero attached hydrogens (tertiary/aromatic N) is 5. The van der Waals surface area contributed by atoms with Gasteiger partial charge in [0.05, 0.1) is 11.0 Å². The molecule has 4 rings (SSSR count). The van der Waals surface area contributed by atoms with E-state index in [1.54, 1.807) is 12.7 Å². The van der Waals surface area contributed by atoms with Crippen molar-refractivity contribution in [2.24, 2.45) is 0 Å². The predicted molar refractivity (Wildman–Crippen MR) is 84.8 cm³/mol. The van der Waals surface area contributed by atoms with Gasteiger partial charge in [-0.25, -0.2) is 19.9 Å². The number of rotatable bonds is 2. The summed E-state index contributed by atoms with van der Waals surface area (Å²) >= 11 is 0. The fourth-order valence-electron chi connectivity index (χ4n) is 3.17. The molecule has 0 aliphatic carbocycles. The Kier molecular flexibility index (Phi) is 3.21. The summed E-state index contributed by atoms with van der Waals surface area (Å²) in [5.41, 5.74) is 3.41. The number of hydrogen-bond donors (Lipinski definition) is 1. The number of imidazole rings is 1. The number of benzene rings is 1. The van der Waals surface area contributed by atoms with Crippen molar-refractivity contribution < 1.29 is 0 Å². The first-order valence-corrected chi connectivity index (χ1v) is 7.63. The van der Waals surface area contributed by atoms with Gasteiger partial charge in [0, 0.05) is 19.0 Å². The molecule has 2 aromatic heterocycles. The van der Waals surface area contributed by atoms with E-state index >= 15 is 0 Å². The molecule has 1 saturated heterocycles. The first-order valence-electron chi connectivity index (χ1n) is 7.63. The van der Waals surface area contributed by atoms with Crippen LogP contribution in [-0.4, -0.2) is 38.0 Å². The first kappa shape index (κ1) is 13.2. The van der Waals surface area contributed by atoms with Gasteiger partial charge < -0.3 is 9.88 Å². The van der Waals surface area contributed by atoms with Crippen molar-refractivity contribution >= 4 is 17.0 Å². The number of aromatic nitrogens is 5. The number of hydrogen-bond acceptors (Lipinski definition) is 5. The lowest BCUT2D eigenvalue weighted by molar-refractivity contribution is 0.488. The SMILES string of the molecule is Cc1cccc2[nH]c([C@H]3CCCN(c4ncncn4)C3)nc12. The first-order chi connectivity index (χ1) is 10.8. The lowest BCUT2D eigenvalue weighted by atomic mass is 9.98. The largest absolute Gasteiger partial charge is 0.342 e. The zero-order chi connectivity index (χ0) is 14.9. The Balaban J connectivity index is 1.62. The van der Waals surface area contributed by atoms with E-state index < -0.39 is 0 Å². The van der Waals surface area contributed by atoms with Crippen LogP contribution >= 0.6 is 0 Å². The van der Waals surface area contributed by atoms with Crippen molar-refractivity contribution in [1.29, 1.82) is 0 Å². The average molecular weight is 294 g/mol. The minimum atomic E-state index is 0.386. The molecule has 0 unspecified atom stereocenters. The maximum atomic E-state index is 4.83. The van der Waals surface area contributed by atoms with Gasteiger partial charge in [-0.2, -0.15) is 0 Å². The average Bonchev–Trinajstić information content (AvgIpc) is 3.02. The second-order valence-corrected chi connectivity index (χ2v) is 5.82. The summed E-state index contributed by atoms with van der Waals surface area (Å²) in [5.74, 6) is 2.22. The van der Waals surface area contributed by atoms with E-state index in [0.29, 0.717) is 5.92 Å². The van der Waals surface area contributed by atoms with E-state index in [9.17, 15) is 0 Å². The molecule has 0 radical (unpaired) electrons. The molecule has 6 heteroatoms. The van der Waals surface area contributed by atoms with E-state index in [-0.39, 0.29) is 0 Å². The highest BCUT2D eigenvalue weighted by atomic mass is 15.3. The van der Waals surface area contributed by atoms with E-state index in [1.807, 2.05) is 0 Å². The van der Waals surface area contributed by atoms with Crippen molar-refractivity contribution in [3.8, 4) is 0 Å². The standard InChI is InChI=1S/C16H18N6/c1-11-4-2-6-13-14(11)21-15(20-13)12-5-3-7-22(8-12)16-18-9-17-10-19-16/h2,4,6,9-10,12H,3,5,7-8H2,1H3,(H,20,21)/t12-/m0/s1. The highest BCUT2D eigenvalue weighted by molar-refractivity contribution is 5.78. The van der Waals surface area contributed by atoms with Crippen LogP contribution in [0.5, 0.6) is 0 Å². The molecule has 0 bridgehead atoms. The molecule has 1 fully saturated rings. The third-order valence-electron chi connectivity index (χ3n) is 4.30. The smallest absolute Gasteiger partial charge is 0.228 e. The maximum Gasteiger partial charge on any atom is 0.228 e. The quantitative estimate of drug-likeness (QED) is 0.786. The van der Waals surface area contributed by atoms with E-state index in [4.69, 9.17) is 4.98 Å². The van der Waals surface area contributed by atoms with Gasteiger partial charge in [0.1, 0.15) is 18.5 Å². The lowest BCUT2D eigenvalue weighted by Crippen LogP contribution is -2.35. The number of anilines is 1. The molecule has 0 saturated carbocycles. The Hall–Kier alpha value is -2.50. The zero-order valence-corrected chi connectivity index (χ0v) is 12.5. The van der Waals surface area contributed by atoms with Gasteiger partial charge in [0.2, 0.25) is 5.95 Å². The van der Waals surface area contributed by atoms with Crippen molar-refractivity contribution in [3.05, 3.63) is 42.2 Å². The van der Waals surface area contributed by atoms with Gasteiger partial charge in [0.25, 0.3) is 0 Å². The van der Waals surface area contributed by atoms with Crippen molar-refractivity contribution in [2.45, 2.75) is 25.7 Å². The Morgan fingerprint density at radius 1 is 1.23 bits per heavy atom. The van der Waals surface area contributed by atoms with Gasteiger partial charge >= 0.3 is 0 Å². The van der Waals surface area contributed by atoms with Gasteiger partial charge in [0.15, 0.2) is 0 Å². The fraction of sp³-hybridized carbons (Fsp3) is 0.375. The molecular weight excluding hydrogens is 276 g/mol. The van der Waals surface area contributed by atoms with Crippen LogP contribution in [0.25, 0.3) is 11.0 Å². The van der Waals surface area contributed by atoms with Gasteiger partial charge in [-0.05, 0) is 31.4 Å². The second kappa shape index (κ2) is 5.36. The summed E-state index contributed by atoms with van der Waals surface area (Å²) in [6.45, 7) is 3.98. The van der Waals surface area contributed by atoms with Crippen LogP contribution in [0.4, 0.5) is 5.95 Å². The Bertz CT molecular complexity index is 782. The van der Waals surface area contributed by atoms with Crippen molar-refractivity contribution in [2.75, 3.05) is 18.0 Å². The molecule has 3 heterocycles. The van der Waals surface area contributed by atoms with Crippen LogP contribution in [0.3, 0.4) is 0 Å². The van der Waals surface area contributed by atoms with E-state index in [0.717, 1.165) is 48.7 Å². The highest BCUT2D eigenvalue weighted by Gasteiger charge is 2.25. The number of nitrogens with one attached hydrogen (secondary N) is 1. The number of para-hydroxylation sites is 1. The molecule has 1 aliphatic rings. The summed E-state index contributed by atoms with van der Waals surface area (Å²) in [6.07, 6.45) is 5.36. The Morgan fingerprint density at radius 3 is 2.91 bits per heavy atom. The Morgan fingerprint density at radius 2 is 2.09 bits per heavy atom.